The van der Waals surface area contributed by atoms with Gasteiger partial charge in [-0.2, -0.15) is 0 Å². The molecule has 0 spiro atoms. The molecule has 0 aromatic rings. The molecule has 4 heteroatoms. The van der Waals surface area contributed by atoms with E-state index in [4.69, 9.17) is 2.81 Å². The van der Waals surface area contributed by atoms with Crippen molar-refractivity contribution < 1.29 is 38.4 Å². The van der Waals surface area contributed by atoms with Gasteiger partial charge in [0.1, 0.15) is 0 Å². The van der Waals surface area contributed by atoms with Crippen LogP contribution in [-0.4, -0.2) is 24.7 Å². The van der Waals surface area contributed by atoms with Gasteiger partial charge in [0, 0.05) is 35.6 Å². The van der Waals surface area contributed by atoms with Gasteiger partial charge in [-0.15, -0.1) is 0 Å². The normalized spacial score (nSPS) is 1.00. The molecule has 0 aromatic heterocycles. The van der Waals surface area contributed by atoms with Crippen LogP contribution in [-0.2, 0) is 38.4 Å². The van der Waals surface area contributed by atoms with Crippen LogP contribution in [0.25, 0.3) is 0 Å². The molecule has 0 aliphatic heterocycles. The van der Waals surface area contributed by atoms with Crippen molar-refractivity contribution in [2.45, 2.75) is 0 Å². The van der Waals surface area contributed by atoms with Crippen LogP contribution in [0.1, 0.15) is 0 Å². The average molecular weight is 331 g/mol. The molecule has 3 radical (unpaired) electrons. The van der Waals surface area contributed by atoms with E-state index >= 15 is 0 Å². The smallest absolute Gasteiger partial charge is 0 e. The molecule has 0 unspecified atom stereocenters. The van der Waals surface area contributed by atoms with Gasteiger partial charge < -0.3 is 0 Å². The standard InChI is InChI=1S/Bi.Mn.O.V. The fourth-order valence-corrected chi connectivity index (χ4v) is 0. The molecule has 0 amide bonds. The minimum Gasteiger partial charge on any atom is 0 e. The fraction of sp³-hybridized carbons (Fsp3) is 0. The van der Waals surface area contributed by atoms with Crippen LogP contribution in [0.3, 0.4) is 0 Å². The summed E-state index contributed by atoms with van der Waals surface area (Å²) in [6.45, 7) is 0. The van der Waals surface area contributed by atoms with Crippen molar-refractivity contribution >= 4 is 24.7 Å². The average Bonchev–Trinajstić information content (AvgIpc) is 1.00. The Morgan fingerprint density at radius 1 is 1.25 bits per heavy atom. The molecule has 0 saturated carbocycles. The Morgan fingerprint density at radius 2 is 1.25 bits per heavy atom. The van der Waals surface area contributed by atoms with Crippen molar-refractivity contribution in [1.29, 1.82) is 0 Å². The third-order valence-corrected chi connectivity index (χ3v) is 0. The van der Waals surface area contributed by atoms with E-state index in [-0.39, 0.29) is 60.3 Å². The minimum absolute atomic E-state index is 0. The SMILES string of the molecule is [Mn].[O]=[Bi].[V]. The van der Waals surface area contributed by atoms with E-state index in [1.807, 2.05) is 0 Å². The first-order chi connectivity index (χ1) is 1.00. The second-order valence-electron chi connectivity index (χ2n) is 0. The van der Waals surface area contributed by atoms with Crippen molar-refractivity contribution in [1.82, 2.24) is 0 Å². The van der Waals surface area contributed by atoms with Gasteiger partial charge in [0.05, 0.1) is 0 Å². The minimum atomic E-state index is 0. The zero-order valence-corrected chi connectivity index (χ0v) is 7.73. The van der Waals surface area contributed by atoms with E-state index in [0.717, 1.165) is 0 Å². The monoisotopic (exact) mass is 331 g/mol. The molecule has 0 N–H and O–H groups in total. The zero-order valence-electron chi connectivity index (χ0n) is 1.68. The topological polar surface area (TPSA) is 17.1 Å². The van der Waals surface area contributed by atoms with Crippen molar-refractivity contribution in [3.8, 4) is 0 Å². The maximum atomic E-state index is 8.36. The van der Waals surface area contributed by atoms with Gasteiger partial charge in [-0.1, -0.05) is 0 Å². The predicted molar refractivity (Wildman–Crippen MR) is 6.44 cm³/mol. The summed E-state index contributed by atoms with van der Waals surface area (Å²) in [5.41, 5.74) is 0. The molecule has 4 heavy (non-hydrogen) atoms. The van der Waals surface area contributed by atoms with Crippen LogP contribution < -0.4 is 0 Å². The molecule has 23 valence electrons. The summed E-state index contributed by atoms with van der Waals surface area (Å²) in [6, 6.07) is 0. The summed E-state index contributed by atoms with van der Waals surface area (Å²) in [5, 5.41) is 0. The van der Waals surface area contributed by atoms with Gasteiger partial charge in [0.2, 0.25) is 0 Å². The van der Waals surface area contributed by atoms with Crippen LogP contribution in [0.15, 0.2) is 0 Å². The molecule has 0 heterocycles. The predicted octanol–water partition coefficient (Wildman–Crippen LogP) is -0.505. The second-order valence-corrected chi connectivity index (χ2v) is 0. The molecular weight excluding hydrogens is 331 g/mol. The molecule has 0 atom stereocenters. The molecule has 0 bridgehead atoms. The van der Waals surface area contributed by atoms with Gasteiger partial charge in [0.25, 0.3) is 0 Å². The Morgan fingerprint density at radius 3 is 1.25 bits per heavy atom. The van der Waals surface area contributed by atoms with Crippen LogP contribution in [0.5, 0.6) is 0 Å². The summed E-state index contributed by atoms with van der Waals surface area (Å²) in [6.07, 6.45) is 0. The third-order valence-electron chi connectivity index (χ3n) is 0. The summed E-state index contributed by atoms with van der Waals surface area (Å²) in [5.74, 6) is 0. The number of hydrogen-bond acceptors (Lipinski definition) is 1. The molecule has 0 aliphatic carbocycles. The fourth-order valence-electron chi connectivity index (χ4n) is 0. The summed E-state index contributed by atoms with van der Waals surface area (Å²) < 4.78 is 8.36. The van der Waals surface area contributed by atoms with Gasteiger partial charge in [-0.3, -0.25) is 0 Å². The van der Waals surface area contributed by atoms with Crippen LogP contribution >= 0.6 is 0 Å². The van der Waals surface area contributed by atoms with Gasteiger partial charge in [0.15, 0.2) is 0 Å². The van der Waals surface area contributed by atoms with E-state index in [1.165, 1.54) is 0 Å². The Bertz CT molecular complexity index is 8.00. The first kappa shape index (κ1) is 17.1. The molecule has 1 nitrogen and oxygen atoms in total. The van der Waals surface area contributed by atoms with Crippen LogP contribution in [0.4, 0.5) is 0 Å². The first-order valence-corrected chi connectivity index (χ1v) is 1.60. The van der Waals surface area contributed by atoms with E-state index in [2.05, 4.69) is 0 Å². The maximum Gasteiger partial charge on any atom is 0 e. The molecule has 0 rings (SSSR count). The van der Waals surface area contributed by atoms with Crippen molar-refractivity contribution in [2.75, 3.05) is 0 Å². The summed E-state index contributed by atoms with van der Waals surface area (Å²) in [4.78, 5) is 0. The number of rotatable bonds is 0. The van der Waals surface area contributed by atoms with E-state index in [9.17, 15) is 0 Å². The first-order valence-electron chi connectivity index (χ1n) is 0.183. The van der Waals surface area contributed by atoms with Gasteiger partial charge in [-0.05, 0) is 0 Å². The third kappa shape index (κ3) is 9.21. The largest absolute Gasteiger partial charge is 0 e. The Hall–Kier alpha value is 1.79. The molecule has 0 fully saturated rings. The molecule has 0 aromatic carbocycles. The Kier molecular flexibility index (Phi) is 91.8. The Balaban J connectivity index is -0.00000000500. The molecular formula is BiMnOV. The quantitative estimate of drug-likeness (QED) is 0.547. The molecule has 0 saturated heterocycles. The second kappa shape index (κ2) is 21.5. The molecule has 0 aliphatic rings. The van der Waals surface area contributed by atoms with Crippen LogP contribution in [0, 0.1) is 0 Å². The van der Waals surface area contributed by atoms with E-state index in [1.54, 1.807) is 0 Å². The summed E-state index contributed by atoms with van der Waals surface area (Å²) in [7, 11) is 0. The van der Waals surface area contributed by atoms with Crippen LogP contribution in [0.2, 0.25) is 0 Å². The van der Waals surface area contributed by atoms with Crippen molar-refractivity contribution in [3.05, 3.63) is 0 Å². The van der Waals surface area contributed by atoms with Crippen molar-refractivity contribution in [2.24, 2.45) is 0 Å². The van der Waals surface area contributed by atoms with E-state index < -0.39 is 0 Å². The van der Waals surface area contributed by atoms with E-state index in [0.29, 0.717) is 0 Å². The zero-order chi connectivity index (χ0) is 2.00. The summed E-state index contributed by atoms with van der Waals surface area (Å²) >= 11 is 0.194. The van der Waals surface area contributed by atoms with Gasteiger partial charge in [-0.25, -0.2) is 0 Å². The Labute approximate surface area is 62.6 Å². The van der Waals surface area contributed by atoms with Crippen molar-refractivity contribution in [3.63, 3.8) is 0 Å². The maximum absolute atomic E-state index is 8.36. The number of hydrogen-bond donors (Lipinski definition) is 0. The van der Waals surface area contributed by atoms with Gasteiger partial charge >= 0.3 is 27.5 Å².